The molecule has 0 aromatic heterocycles. The maximum Gasteiger partial charge on any atom is 0.406 e. The lowest BCUT2D eigenvalue weighted by Crippen LogP contribution is -2.45. The Bertz CT molecular complexity index is 432. The van der Waals surface area contributed by atoms with Crippen molar-refractivity contribution in [2.24, 2.45) is 16.8 Å². The van der Waals surface area contributed by atoms with E-state index in [1.165, 1.54) is 25.7 Å². The van der Waals surface area contributed by atoms with Gasteiger partial charge in [0.15, 0.2) is 5.96 Å². The molecule has 0 bridgehead atoms. The van der Waals surface area contributed by atoms with Gasteiger partial charge < -0.3 is 15.5 Å². The molecule has 0 aromatic carbocycles. The molecule has 1 aliphatic carbocycles. The fourth-order valence-electron chi connectivity index (χ4n) is 3.09. The SMILES string of the molecule is CN=C(NCCC1CCCC(C)C1)NCC(=O)N(C)CC(F)(F)F.I. The van der Waals surface area contributed by atoms with Crippen molar-refractivity contribution in [2.75, 3.05) is 33.7 Å². The van der Waals surface area contributed by atoms with Gasteiger partial charge in [-0.2, -0.15) is 13.2 Å². The topological polar surface area (TPSA) is 56.7 Å². The summed E-state index contributed by atoms with van der Waals surface area (Å²) in [6.45, 7) is 1.55. The largest absolute Gasteiger partial charge is 0.406 e. The summed E-state index contributed by atoms with van der Waals surface area (Å²) >= 11 is 0. The van der Waals surface area contributed by atoms with E-state index < -0.39 is 18.6 Å². The predicted octanol–water partition coefficient (Wildman–Crippen LogP) is 3.01. The lowest BCUT2D eigenvalue weighted by molar-refractivity contribution is -0.157. The summed E-state index contributed by atoms with van der Waals surface area (Å²) in [6, 6.07) is 0. The van der Waals surface area contributed by atoms with Gasteiger partial charge in [-0.25, -0.2) is 0 Å². The van der Waals surface area contributed by atoms with Crippen molar-refractivity contribution in [3.05, 3.63) is 0 Å². The van der Waals surface area contributed by atoms with Crippen LogP contribution >= 0.6 is 24.0 Å². The summed E-state index contributed by atoms with van der Waals surface area (Å²) in [5, 5.41) is 5.88. The number of likely N-dealkylation sites (N-methyl/N-ethyl adjacent to an activating group) is 1. The second kappa shape index (κ2) is 11.8. The van der Waals surface area contributed by atoms with Crippen molar-refractivity contribution in [3.8, 4) is 0 Å². The van der Waals surface area contributed by atoms with E-state index >= 15 is 0 Å². The van der Waals surface area contributed by atoms with E-state index in [2.05, 4.69) is 22.5 Å². The molecule has 0 aliphatic heterocycles. The third kappa shape index (κ3) is 10.8. The van der Waals surface area contributed by atoms with Crippen molar-refractivity contribution < 1.29 is 18.0 Å². The van der Waals surface area contributed by atoms with Crippen molar-refractivity contribution >= 4 is 35.8 Å². The van der Waals surface area contributed by atoms with Crippen molar-refractivity contribution in [3.63, 3.8) is 0 Å². The maximum absolute atomic E-state index is 12.3. The first-order valence-corrected chi connectivity index (χ1v) is 8.46. The van der Waals surface area contributed by atoms with Crippen LogP contribution in [-0.4, -0.2) is 56.7 Å². The zero-order valence-corrected chi connectivity index (χ0v) is 17.5. The third-order valence-electron chi connectivity index (χ3n) is 4.36. The van der Waals surface area contributed by atoms with Crippen LogP contribution in [0, 0.1) is 11.8 Å². The number of hydrogen-bond donors (Lipinski definition) is 2. The van der Waals surface area contributed by atoms with E-state index in [4.69, 9.17) is 0 Å². The van der Waals surface area contributed by atoms with Crippen LogP contribution in [-0.2, 0) is 4.79 Å². The van der Waals surface area contributed by atoms with E-state index in [-0.39, 0.29) is 30.5 Å². The van der Waals surface area contributed by atoms with Crippen LogP contribution in [0.5, 0.6) is 0 Å². The third-order valence-corrected chi connectivity index (χ3v) is 4.36. The second-order valence-electron chi connectivity index (χ2n) is 6.64. The fraction of sp³-hybridized carbons (Fsp3) is 0.875. The average Bonchev–Trinajstić information content (AvgIpc) is 2.48. The number of rotatable bonds is 6. The van der Waals surface area contributed by atoms with Gasteiger partial charge in [0.1, 0.15) is 6.54 Å². The number of alkyl halides is 3. The quantitative estimate of drug-likeness (QED) is 0.351. The minimum absolute atomic E-state index is 0. The highest BCUT2D eigenvalue weighted by atomic mass is 127. The van der Waals surface area contributed by atoms with Crippen LogP contribution in [0.25, 0.3) is 0 Å². The van der Waals surface area contributed by atoms with Crippen LogP contribution in [0.15, 0.2) is 4.99 Å². The molecule has 0 radical (unpaired) electrons. The minimum atomic E-state index is -4.39. The summed E-state index contributed by atoms with van der Waals surface area (Å²) in [5.74, 6) is 1.30. The second-order valence-corrected chi connectivity index (χ2v) is 6.64. The first kappa shape index (κ1) is 24.3. The van der Waals surface area contributed by atoms with Gasteiger partial charge in [-0.3, -0.25) is 9.79 Å². The molecule has 9 heteroatoms. The smallest absolute Gasteiger partial charge is 0.356 e. The van der Waals surface area contributed by atoms with Gasteiger partial charge in [0.2, 0.25) is 5.91 Å². The molecule has 148 valence electrons. The molecule has 2 N–H and O–H groups in total. The average molecular weight is 478 g/mol. The number of carbonyl (C=O) groups is 1. The number of carbonyl (C=O) groups excluding carboxylic acids is 1. The Hall–Kier alpha value is -0.740. The van der Waals surface area contributed by atoms with Crippen LogP contribution in [0.4, 0.5) is 13.2 Å². The van der Waals surface area contributed by atoms with Crippen molar-refractivity contribution in [1.29, 1.82) is 0 Å². The molecule has 1 saturated carbocycles. The zero-order chi connectivity index (χ0) is 18.2. The van der Waals surface area contributed by atoms with Crippen molar-refractivity contribution in [2.45, 2.75) is 45.2 Å². The highest BCUT2D eigenvalue weighted by Crippen LogP contribution is 2.30. The predicted molar refractivity (Wildman–Crippen MR) is 104 cm³/mol. The number of aliphatic imine (C=N–C) groups is 1. The zero-order valence-electron chi connectivity index (χ0n) is 15.2. The van der Waals surface area contributed by atoms with Crippen LogP contribution < -0.4 is 10.6 Å². The molecule has 2 unspecified atom stereocenters. The Kier molecular flexibility index (Phi) is 11.4. The summed E-state index contributed by atoms with van der Waals surface area (Å²) < 4.78 is 36.8. The number of amides is 1. The molecule has 1 aliphatic rings. The summed E-state index contributed by atoms with van der Waals surface area (Å²) in [5.41, 5.74) is 0. The van der Waals surface area contributed by atoms with E-state index in [1.54, 1.807) is 7.05 Å². The Morgan fingerprint density at radius 3 is 2.52 bits per heavy atom. The Balaban J connectivity index is 0.00000576. The van der Waals surface area contributed by atoms with Gasteiger partial charge in [0, 0.05) is 20.6 Å². The molecule has 2 atom stereocenters. The molecule has 1 rings (SSSR count). The molecule has 0 heterocycles. The van der Waals surface area contributed by atoms with E-state index in [9.17, 15) is 18.0 Å². The molecule has 1 amide bonds. The molecule has 0 saturated heterocycles. The fourth-order valence-corrected chi connectivity index (χ4v) is 3.09. The molecular weight excluding hydrogens is 448 g/mol. The van der Waals surface area contributed by atoms with Gasteiger partial charge in [0.25, 0.3) is 0 Å². The molecule has 1 fully saturated rings. The van der Waals surface area contributed by atoms with Gasteiger partial charge in [-0.15, -0.1) is 24.0 Å². The van der Waals surface area contributed by atoms with E-state index in [1.807, 2.05) is 0 Å². The number of nitrogens with one attached hydrogen (secondary N) is 2. The molecule has 25 heavy (non-hydrogen) atoms. The lowest BCUT2D eigenvalue weighted by Gasteiger charge is -2.27. The lowest BCUT2D eigenvalue weighted by atomic mass is 9.81. The number of halogens is 4. The number of guanidine groups is 1. The first-order valence-electron chi connectivity index (χ1n) is 8.46. The Labute approximate surface area is 165 Å². The van der Waals surface area contributed by atoms with Crippen LogP contribution in [0.3, 0.4) is 0 Å². The van der Waals surface area contributed by atoms with Crippen molar-refractivity contribution in [1.82, 2.24) is 15.5 Å². The number of hydrogen-bond acceptors (Lipinski definition) is 2. The first-order chi connectivity index (χ1) is 11.2. The van der Waals surface area contributed by atoms with Gasteiger partial charge in [-0.05, 0) is 24.7 Å². The molecule has 5 nitrogen and oxygen atoms in total. The summed E-state index contributed by atoms with van der Waals surface area (Å²) in [7, 11) is 2.71. The van der Waals surface area contributed by atoms with Crippen LogP contribution in [0.1, 0.15) is 39.0 Å². The highest BCUT2D eigenvalue weighted by Gasteiger charge is 2.31. The van der Waals surface area contributed by atoms with Gasteiger partial charge in [-0.1, -0.05) is 26.2 Å². The Morgan fingerprint density at radius 2 is 1.96 bits per heavy atom. The van der Waals surface area contributed by atoms with Gasteiger partial charge >= 0.3 is 6.18 Å². The monoisotopic (exact) mass is 478 g/mol. The minimum Gasteiger partial charge on any atom is -0.356 e. The standard InChI is InChI=1S/C16H29F3N4O.HI/c1-12-5-4-6-13(9-12)7-8-21-15(20-2)22-10-14(24)23(3)11-16(17,18)19;/h12-13H,4-11H2,1-3H3,(H2,20,21,22);1H. The van der Waals surface area contributed by atoms with Gasteiger partial charge in [0.05, 0.1) is 6.54 Å². The normalized spacial score (nSPS) is 21.3. The van der Waals surface area contributed by atoms with E-state index in [0.29, 0.717) is 16.8 Å². The summed E-state index contributed by atoms with van der Waals surface area (Å²) in [6.07, 6.45) is 1.72. The number of nitrogens with zero attached hydrogens (tertiary/aromatic N) is 2. The highest BCUT2D eigenvalue weighted by molar-refractivity contribution is 14.0. The molecule has 0 aromatic rings. The molecule has 0 spiro atoms. The van der Waals surface area contributed by atoms with Crippen LogP contribution in [0.2, 0.25) is 0 Å². The summed E-state index contributed by atoms with van der Waals surface area (Å²) in [4.78, 5) is 16.3. The van der Waals surface area contributed by atoms with E-state index in [0.717, 1.165) is 25.9 Å². The Morgan fingerprint density at radius 1 is 1.28 bits per heavy atom. The molecular formula is C16H30F3IN4O. The maximum atomic E-state index is 12.3.